The molecule has 3 heterocycles. The molecule has 0 atom stereocenters. The summed E-state index contributed by atoms with van der Waals surface area (Å²) in [6.07, 6.45) is 1.34. The topological polar surface area (TPSA) is 93.8 Å². The molecule has 0 aliphatic rings. The summed E-state index contributed by atoms with van der Waals surface area (Å²) in [7, 11) is 0. The maximum atomic E-state index is 10.9. The lowest BCUT2D eigenvalue weighted by atomic mass is 10.3. The van der Waals surface area contributed by atoms with Gasteiger partial charge in [-0.05, 0) is 47.7 Å². The van der Waals surface area contributed by atoms with Crippen LogP contribution >= 0.6 is 34.4 Å². The van der Waals surface area contributed by atoms with Crippen molar-refractivity contribution in [3.05, 3.63) is 27.6 Å². The van der Waals surface area contributed by atoms with E-state index in [0.29, 0.717) is 9.50 Å². The summed E-state index contributed by atoms with van der Waals surface area (Å²) in [4.78, 5) is 16.3. The van der Waals surface area contributed by atoms with Gasteiger partial charge in [0.05, 0.1) is 6.20 Å². The molecule has 0 spiro atoms. The zero-order valence-corrected chi connectivity index (χ0v) is 13.4. The van der Waals surface area contributed by atoms with Gasteiger partial charge in [0.25, 0.3) is 0 Å². The lowest BCUT2D eigenvalue weighted by molar-refractivity contribution is 0.0702. The lowest BCUT2D eigenvalue weighted by Gasteiger charge is -1.98. The molecule has 1 N–H and O–H groups in total. The predicted molar refractivity (Wildman–Crippen MR) is 79.7 cm³/mol. The molecule has 0 fully saturated rings. The summed E-state index contributed by atoms with van der Waals surface area (Å²) < 4.78 is 2.23. The molecule has 0 aliphatic carbocycles. The summed E-state index contributed by atoms with van der Waals surface area (Å²) in [5.74, 6) is -0.983. The number of aromatic nitrogens is 5. The number of carboxylic acid groups (broad SMARTS) is 1. The van der Waals surface area contributed by atoms with Crippen LogP contribution in [-0.4, -0.2) is 36.3 Å². The molecule has 108 valence electrons. The Morgan fingerprint density at radius 3 is 2.81 bits per heavy atom. The molecule has 3 rings (SSSR count). The summed E-state index contributed by atoms with van der Waals surface area (Å²) in [5, 5.41) is 22.0. The largest absolute Gasteiger partial charge is 0.477 e. The maximum absolute atomic E-state index is 10.9. The van der Waals surface area contributed by atoms with Gasteiger partial charge in [-0.2, -0.15) is 4.68 Å². The van der Waals surface area contributed by atoms with E-state index < -0.39 is 5.97 Å². The van der Waals surface area contributed by atoms with Gasteiger partial charge in [0.15, 0.2) is 4.34 Å². The first-order chi connectivity index (χ1) is 10.0. The van der Waals surface area contributed by atoms with E-state index in [1.54, 1.807) is 16.0 Å². The first-order valence-corrected chi connectivity index (χ1v) is 8.22. The number of hydrogen-bond donors (Lipinski definition) is 1. The van der Waals surface area contributed by atoms with Crippen LogP contribution in [0, 0.1) is 13.8 Å². The highest BCUT2D eigenvalue weighted by molar-refractivity contribution is 8.00. The molecule has 7 nitrogen and oxygen atoms in total. The fourth-order valence-electron chi connectivity index (χ4n) is 1.52. The van der Waals surface area contributed by atoms with Gasteiger partial charge >= 0.3 is 5.97 Å². The number of thiazole rings is 1. The van der Waals surface area contributed by atoms with Crippen LogP contribution in [0.1, 0.15) is 20.1 Å². The van der Waals surface area contributed by atoms with Crippen LogP contribution in [0.25, 0.3) is 5.00 Å². The van der Waals surface area contributed by atoms with E-state index >= 15 is 0 Å². The van der Waals surface area contributed by atoms with Crippen molar-refractivity contribution in [3.63, 3.8) is 0 Å². The highest BCUT2D eigenvalue weighted by Gasteiger charge is 2.16. The van der Waals surface area contributed by atoms with Crippen molar-refractivity contribution in [1.29, 1.82) is 0 Å². The Kier molecular flexibility index (Phi) is 3.74. The van der Waals surface area contributed by atoms with Crippen molar-refractivity contribution >= 4 is 40.4 Å². The summed E-state index contributed by atoms with van der Waals surface area (Å²) >= 11 is 3.95. The molecule has 3 aromatic rings. The number of rotatable bonds is 4. The Balaban J connectivity index is 1.90. The first kappa shape index (κ1) is 14.2. The van der Waals surface area contributed by atoms with E-state index in [2.05, 4.69) is 20.5 Å². The highest BCUT2D eigenvalue weighted by atomic mass is 32.2. The second-order valence-corrected chi connectivity index (χ2v) is 7.57. The third-order valence-corrected chi connectivity index (χ3v) is 5.80. The zero-order valence-electron chi connectivity index (χ0n) is 11.0. The van der Waals surface area contributed by atoms with E-state index in [9.17, 15) is 4.79 Å². The van der Waals surface area contributed by atoms with Crippen molar-refractivity contribution in [1.82, 2.24) is 25.2 Å². The minimum atomic E-state index is -0.983. The Bertz CT molecular complexity index is 787. The zero-order chi connectivity index (χ0) is 15.0. The Morgan fingerprint density at radius 1 is 1.38 bits per heavy atom. The van der Waals surface area contributed by atoms with Crippen LogP contribution in [0.3, 0.4) is 0 Å². The first-order valence-electron chi connectivity index (χ1n) is 5.77. The minimum Gasteiger partial charge on any atom is -0.477 e. The van der Waals surface area contributed by atoms with E-state index in [4.69, 9.17) is 5.11 Å². The number of thiophene rings is 1. The van der Waals surface area contributed by atoms with Crippen LogP contribution in [0.2, 0.25) is 0 Å². The SMILES string of the molecule is Cc1cc(-n2nnnc2Sc2ncc(C(=O)O)s2)sc1C. The molecule has 3 aromatic heterocycles. The van der Waals surface area contributed by atoms with Crippen LogP contribution < -0.4 is 0 Å². The molecule has 0 saturated carbocycles. The smallest absolute Gasteiger partial charge is 0.347 e. The Hall–Kier alpha value is -1.78. The number of nitrogens with zero attached hydrogens (tertiary/aromatic N) is 5. The van der Waals surface area contributed by atoms with Crippen LogP contribution in [0.4, 0.5) is 0 Å². The maximum Gasteiger partial charge on any atom is 0.347 e. The summed E-state index contributed by atoms with van der Waals surface area (Å²) in [5.41, 5.74) is 1.18. The van der Waals surface area contributed by atoms with E-state index in [-0.39, 0.29) is 4.88 Å². The highest BCUT2D eigenvalue weighted by Crippen LogP contribution is 2.32. The fraction of sp³-hybridized carbons (Fsp3) is 0.182. The van der Waals surface area contributed by atoms with Gasteiger partial charge in [0.2, 0.25) is 5.16 Å². The lowest BCUT2D eigenvalue weighted by Crippen LogP contribution is -1.95. The Labute approximate surface area is 131 Å². The van der Waals surface area contributed by atoms with Gasteiger partial charge < -0.3 is 5.11 Å². The molecule has 10 heteroatoms. The molecular formula is C11H9N5O2S3. The van der Waals surface area contributed by atoms with E-state index in [0.717, 1.165) is 16.3 Å². The number of carbonyl (C=O) groups is 1. The van der Waals surface area contributed by atoms with Crippen molar-refractivity contribution < 1.29 is 9.90 Å². The van der Waals surface area contributed by atoms with Crippen molar-refractivity contribution in [2.45, 2.75) is 23.3 Å². The van der Waals surface area contributed by atoms with Crippen molar-refractivity contribution in [2.24, 2.45) is 0 Å². The van der Waals surface area contributed by atoms with Gasteiger partial charge in [0.1, 0.15) is 9.88 Å². The molecule has 0 amide bonds. The average Bonchev–Trinajstić information content (AvgIpc) is 3.12. The number of hydrogen-bond acceptors (Lipinski definition) is 8. The molecule has 0 aliphatic heterocycles. The second kappa shape index (κ2) is 5.54. The summed E-state index contributed by atoms with van der Waals surface area (Å²) in [6.45, 7) is 4.08. The number of carboxylic acids is 1. The molecule has 0 unspecified atom stereocenters. The van der Waals surface area contributed by atoms with E-state index in [1.165, 1.54) is 28.4 Å². The quantitative estimate of drug-likeness (QED) is 0.781. The summed E-state index contributed by atoms with van der Waals surface area (Å²) in [6, 6.07) is 2.02. The van der Waals surface area contributed by atoms with Gasteiger partial charge in [-0.15, -0.1) is 27.8 Å². The van der Waals surface area contributed by atoms with Gasteiger partial charge in [-0.1, -0.05) is 0 Å². The van der Waals surface area contributed by atoms with Crippen molar-refractivity contribution in [3.8, 4) is 5.00 Å². The number of aryl methyl sites for hydroxylation is 2. The second-order valence-electron chi connectivity index (χ2n) is 4.09. The van der Waals surface area contributed by atoms with E-state index in [1.807, 2.05) is 19.9 Å². The molecule has 21 heavy (non-hydrogen) atoms. The van der Waals surface area contributed by atoms with Crippen LogP contribution in [0.5, 0.6) is 0 Å². The molecule has 0 radical (unpaired) electrons. The van der Waals surface area contributed by atoms with Gasteiger partial charge in [-0.25, -0.2) is 9.78 Å². The van der Waals surface area contributed by atoms with Crippen LogP contribution in [0.15, 0.2) is 21.8 Å². The molecule has 0 bridgehead atoms. The third kappa shape index (κ3) is 2.82. The predicted octanol–water partition coefficient (Wildman–Crippen LogP) is 2.65. The van der Waals surface area contributed by atoms with Gasteiger partial charge in [0, 0.05) is 4.88 Å². The average molecular weight is 339 g/mol. The standard InChI is InChI=1S/C11H9N5O2S3/c1-5-3-8(19-6(5)2)16-10(13-14-15-16)21-11-12-4-7(20-11)9(17)18/h3-4H,1-2H3,(H,17,18). The molecule has 0 saturated heterocycles. The fourth-order valence-corrected chi connectivity index (χ4v) is 4.26. The normalized spacial score (nSPS) is 11.0. The van der Waals surface area contributed by atoms with Crippen LogP contribution in [-0.2, 0) is 0 Å². The number of tetrazole rings is 1. The minimum absolute atomic E-state index is 0.194. The molecular weight excluding hydrogens is 330 g/mol. The third-order valence-electron chi connectivity index (χ3n) is 2.68. The monoisotopic (exact) mass is 339 g/mol. The number of aromatic carboxylic acids is 1. The van der Waals surface area contributed by atoms with Gasteiger partial charge in [-0.3, -0.25) is 0 Å². The Morgan fingerprint density at radius 2 is 2.19 bits per heavy atom. The molecule has 0 aromatic carbocycles. The van der Waals surface area contributed by atoms with Crippen molar-refractivity contribution in [2.75, 3.05) is 0 Å².